The van der Waals surface area contributed by atoms with E-state index in [1.54, 1.807) is 0 Å². The molecule has 1 unspecified atom stereocenters. The van der Waals surface area contributed by atoms with Crippen molar-refractivity contribution in [3.05, 3.63) is 29.8 Å². The third-order valence-electron chi connectivity index (χ3n) is 4.01. The molecule has 1 aromatic carbocycles. The van der Waals surface area contributed by atoms with Crippen LogP contribution in [0.1, 0.15) is 44.1 Å². The van der Waals surface area contributed by atoms with Crippen molar-refractivity contribution in [2.24, 2.45) is 5.92 Å². The van der Waals surface area contributed by atoms with Crippen LogP contribution in [0, 0.1) is 12.8 Å². The van der Waals surface area contributed by atoms with Gasteiger partial charge in [0.1, 0.15) is 6.04 Å². The Balaban J connectivity index is 2.06. The fourth-order valence-electron chi connectivity index (χ4n) is 2.85. The predicted octanol–water partition coefficient (Wildman–Crippen LogP) is 3.83. The second kappa shape index (κ2) is 6.60. The highest BCUT2D eigenvalue weighted by Gasteiger charge is 2.28. The molecule has 1 aliphatic carbocycles. The van der Waals surface area contributed by atoms with Crippen molar-refractivity contribution < 1.29 is 9.90 Å². The normalized spacial score (nSPS) is 18.6. The van der Waals surface area contributed by atoms with Crippen molar-refractivity contribution in [3.63, 3.8) is 0 Å². The van der Waals surface area contributed by atoms with Crippen LogP contribution in [0.2, 0.25) is 0 Å². The lowest BCUT2D eigenvalue weighted by Crippen LogP contribution is -2.36. The van der Waals surface area contributed by atoms with Gasteiger partial charge in [-0.25, -0.2) is 4.79 Å². The summed E-state index contributed by atoms with van der Waals surface area (Å²) in [6, 6.07) is 7.48. The topological polar surface area (TPSA) is 49.3 Å². The van der Waals surface area contributed by atoms with Crippen molar-refractivity contribution in [2.45, 2.75) is 51.5 Å². The van der Waals surface area contributed by atoms with E-state index in [4.69, 9.17) is 0 Å². The minimum Gasteiger partial charge on any atom is -0.480 e. The van der Waals surface area contributed by atoms with Gasteiger partial charge in [-0.15, -0.1) is 0 Å². The molecule has 0 spiro atoms. The molecule has 2 rings (SSSR count). The van der Waals surface area contributed by atoms with Gasteiger partial charge in [-0.05, 0) is 37.8 Å². The second-order valence-electron chi connectivity index (χ2n) is 5.58. The smallest absolute Gasteiger partial charge is 0.326 e. The molecule has 1 saturated carbocycles. The maximum atomic E-state index is 11.5. The number of nitrogens with one attached hydrogen (secondary N) is 1. The van der Waals surface area contributed by atoms with Gasteiger partial charge < -0.3 is 10.4 Å². The number of carbonyl (C=O) groups is 1. The summed E-state index contributed by atoms with van der Waals surface area (Å²) in [5, 5.41) is 12.7. The van der Waals surface area contributed by atoms with E-state index in [1.807, 2.05) is 31.2 Å². The fourth-order valence-corrected chi connectivity index (χ4v) is 2.85. The van der Waals surface area contributed by atoms with Gasteiger partial charge in [0.2, 0.25) is 0 Å². The first-order valence-electron chi connectivity index (χ1n) is 7.23. The van der Waals surface area contributed by atoms with E-state index in [9.17, 15) is 9.90 Å². The third kappa shape index (κ3) is 3.98. The Labute approximate surface area is 115 Å². The summed E-state index contributed by atoms with van der Waals surface area (Å²) in [5.41, 5.74) is 2.09. The zero-order chi connectivity index (χ0) is 13.7. The largest absolute Gasteiger partial charge is 0.480 e. The number of aryl methyl sites for hydroxylation is 1. The quantitative estimate of drug-likeness (QED) is 0.810. The molecular formula is C16H23NO2. The van der Waals surface area contributed by atoms with Gasteiger partial charge in [0.15, 0.2) is 0 Å². The first kappa shape index (κ1) is 13.9. The first-order valence-corrected chi connectivity index (χ1v) is 7.23. The van der Waals surface area contributed by atoms with Crippen molar-refractivity contribution >= 4 is 11.7 Å². The molecule has 0 radical (unpaired) electrons. The molecule has 2 N–H and O–H groups in total. The van der Waals surface area contributed by atoms with Crippen LogP contribution in [0.25, 0.3) is 0 Å². The Kier molecular flexibility index (Phi) is 4.83. The van der Waals surface area contributed by atoms with Crippen LogP contribution in [-0.2, 0) is 4.79 Å². The Morgan fingerprint density at radius 2 is 1.74 bits per heavy atom. The zero-order valence-electron chi connectivity index (χ0n) is 11.6. The molecule has 0 aliphatic heterocycles. The van der Waals surface area contributed by atoms with Crippen molar-refractivity contribution in [2.75, 3.05) is 5.32 Å². The summed E-state index contributed by atoms with van der Waals surface area (Å²) in [4.78, 5) is 11.5. The fraction of sp³-hybridized carbons (Fsp3) is 0.562. The average molecular weight is 261 g/mol. The Hall–Kier alpha value is -1.51. The predicted molar refractivity (Wildman–Crippen MR) is 77.4 cm³/mol. The van der Waals surface area contributed by atoms with Gasteiger partial charge in [0.05, 0.1) is 0 Å². The Morgan fingerprint density at radius 1 is 1.16 bits per heavy atom. The van der Waals surface area contributed by atoms with Gasteiger partial charge in [0.25, 0.3) is 0 Å². The van der Waals surface area contributed by atoms with Crippen LogP contribution in [-0.4, -0.2) is 17.1 Å². The maximum absolute atomic E-state index is 11.5. The van der Waals surface area contributed by atoms with E-state index in [0.29, 0.717) is 0 Å². The van der Waals surface area contributed by atoms with Crippen molar-refractivity contribution in [1.29, 1.82) is 0 Å². The lowest BCUT2D eigenvalue weighted by molar-refractivity contribution is -0.139. The van der Waals surface area contributed by atoms with Gasteiger partial charge in [-0.3, -0.25) is 0 Å². The molecule has 1 atom stereocenters. The molecule has 3 nitrogen and oxygen atoms in total. The molecule has 0 amide bonds. The van der Waals surface area contributed by atoms with E-state index in [0.717, 1.165) is 31.4 Å². The van der Waals surface area contributed by atoms with Crippen LogP contribution in [0.5, 0.6) is 0 Å². The average Bonchev–Trinajstić information content (AvgIpc) is 2.66. The van der Waals surface area contributed by atoms with Gasteiger partial charge in [-0.2, -0.15) is 0 Å². The summed E-state index contributed by atoms with van der Waals surface area (Å²) in [7, 11) is 0. The molecule has 1 fully saturated rings. The van der Waals surface area contributed by atoms with E-state index in [-0.39, 0.29) is 5.92 Å². The third-order valence-corrected chi connectivity index (χ3v) is 4.01. The lowest BCUT2D eigenvalue weighted by Gasteiger charge is -2.24. The number of benzene rings is 1. The molecule has 104 valence electrons. The van der Waals surface area contributed by atoms with Gasteiger partial charge in [-0.1, -0.05) is 43.4 Å². The highest BCUT2D eigenvalue weighted by molar-refractivity contribution is 5.77. The monoisotopic (exact) mass is 261 g/mol. The minimum absolute atomic E-state index is 0.251. The number of rotatable bonds is 4. The van der Waals surface area contributed by atoms with E-state index in [2.05, 4.69) is 5.32 Å². The second-order valence-corrected chi connectivity index (χ2v) is 5.58. The van der Waals surface area contributed by atoms with E-state index >= 15 is 0 Å². The summed E-state index contributed by atoms with van der Waals surface area (Å²) in [5.74, 6) is -0.478. The van der Waals surface area contributed by atoms with Crippen LogP contribution in [0.3, 0.4) is 0 Å². The molecule has 0 bridgehead atoms. The molecule has 1 aliphatic rings. The lowest BCUT2D eigenvalue weighted by atomic mass is 9.91. The molecule has 19 heavy (non-hydrogen) atoms. The molecule has 0 aromatic heterocycles. The van der Waals surface area contributed by atoms with E-state index < -0.39 is 12.0 Å². The van der Waals surface area contributed by atoms with Gasteiger partial charge in [0, 0.05) is 5.69 Å². The Morgan fingerprint density at radius 3 is 2.26 bits per heavy atom. The summed E-state index contributed by atoms with van der Waals surface area (Å²) < 4.78 is 0. The first-order chi connectivity index (χ1) is 9.16. The van der Waals surface area contributed by atoms with Crippen LogP contribution >= 0.6 is 0 Å². The number of hydrogen-bond acceptors (Lipinski definition) is 2. The SMILES string of the molecule is Cc1ccc(NC(C(=O)O)C2CCCCCC2)cc1. The van der Waals surface area contributed by atoms with Gasteiger partial charge >= 0.3 is 5.97 Å². The molecule has 3 heteroatoms. The highest BCUT2D eigenvalue weighted by atomic mass is 16.4. The van der Waals surface area contributed by atoms with Crippen LogP contribution in [0.4, 0.5) is 5.69 Å². The summed E-state index contributed by atoms with van der Waals surface area (Å²) in [6.45, 7) is 2.03. The summed E-state index contributed by atoms with van der Waals surface area (Å²) in [6.07, 6.45) is 6.85. The minimum atomic E-state index is -0.729. The summed E-state index contributed by atoms with van der Waals surface area (Å²) >= 11 is 0. The Bertz CT molecular complexity index is 405. The number of anilines is 1. The number of carboxylic acid groups (broad SMARTS) is 1. The maximum Gasteiger partial charge on any atom is 0.326 e. The standard InChI is InChI=1S/C16H23NO2/c1-12-8-10-14(11-9-12)17-15(16(18)19)13-6-4-2-3-5-7-13/h8-11,13,15,17H,2-7H2,1H3,(H,18,19). The zero-order valence-corrected chi connectivity index (χ0v) is 11.6. The molecular weight excluding hydrogens is 238 g/mol. The molecule has 1 aromatic rings. The van der Waals surface area contributed by atoms with Crippen LogP contribution < -0.4 is 5.32 Å². The number of carboxylic acids is 1. The van der Waals surface area contributed by atoms with E-state index in [1.165, 1.54) is 18.4 Å². The number of aliphatic carboxylic acids is 1. The molecule has 0 heterocycles. The highest BCUT2D eigenvalue weighted by Crippen LogP contribution is 2.27. The number of hydrogen-bond donors (Lipinski definition) is 2. The van der Waals surface area contributed by atoms with Crippen LogP contribution in [0.15, 0.2) is 24.3 Å². The molecule has 0 saturated heterocycles. The van der Waals surface area contributed by atoms with Crippen molar-refractivity contribution in [3.8, 4) is 0 Å². The van der Waals surface area contributed by atoms with Crippen molar-refractivity contribution in [1.82, 2.24) is 0 Å².